The molecule has 0 radical (unpaired) electrons. The van der Waals surface area contributed by atoms with Gasteiger partial charge < -0.3 is 15.2 Å². The standard InChI is InChI=1S/C15H17NO5/c1-3-8-21-9-13(15(19)20)16-14(18)12-6-4-11(5-7-12)10(2)17/h3-7,13H,1,8-9H2,2H3,(H,16,18)(H,19,20). The minimum atomic E-state index is -1.19. The Hall–Kier alpha value is -2.47. The van der Waals surface area contributed by atoms with Crippen molar-refractivity contribution in [2.75, 3.05) is 13.2 Å². The van der Waals surface area contributed by atoms with Crippen molar-refractivity contribution >= 4 is 17.7 Å². The van der Waals surface area contributed by atoms with E-state index >= 15 is 0 Å². The van der Waals surface area contributed by atoms with Crippen LogP contribution in [0.15, 0.2) is 36.9 Å². The number of amides is 1. The zero-order valence-electron chi connectivity index (χ0n) is 11.7. The molecule has 0 saturated carbocycles. The predicted octanol–water partition coefficient (Wildman–Crippen LogP) is 1.27. The van der Waals surface area contributed by atoms with Crippen molar-refractivity contribution in [2.45, 2.75) is 13.0 Å². The third-order valence-corrected chi connectivity index (χ3v) is 2.68. The molecule has 6 heteroatoms. The van der Waals surface area contributed by atoms with Crippen LogP contribution in [0.4, 0.5) is 0 Å². The Labute approximate surface area is 122 Å². The summed E-state index contributed by atoms with van der Waals surface area (Å²) in [4.78, 5) is 34.1. The second kappa shape index (κ2) is 7.96. The van der Waals surface area contributed by atoms with Crippen LogP contribution in [0.25, 0.3) is 0 Å². The summed E-state index contributed by atoms with van der Waals surface area (Å²) in [6, 6.07) is 4.82. The number of ether oxygens (including phenoxy) is 1. The Bertz CT molecular complexity index is 535. The molecule has 1 aromatic carbocycles. The summed E-state index contributed by atoms with van der Waals surface area (Å²) in [6.07, 6.45) is 1.49. The molecule has 0 aliphatic rings. The number of Topliss-reactive ketones (excluding diaryl/α,β-unsaturated/α-hetero) is 1. The molecule has 0 saturated heterocycles. The molecular formula is C15H17NO5. The lowest BCUT2D eigenvalue weighted by molar-refractivity contribution is -0.140. The topological polar surface area (TPSA) is 92.7 Å². The molecule has 21 heavy (non-hydrogen) atoms. The highest BCUT2D eigenvalue weighted by atomic mass is 16.5. The molecule has 1 rings (SSSR count). The first-order valence-electron chi connectivity index (χ1n) is 6.29. The van der Waals surface area contributed by atoms with Crippen molar-refractivity contribution in [3.63, 3.8) is 0 Å². The molecule has 6 nitrogen and oxygen atoms in total. The lowest BCUT2D eigenvalue weighted by atomic mass is 10.1. The number of carboxylic acid groups (broad SMARTS) is 1. The van der Waals surface area contributed by atoms with Crippen LogP contribution in [-0.4, -0.2) is 42.0 Å². The van der Waals surface area contributed by atoms with Crippen LogP contribution in [0.2, 0.25) is 0 Å². The highest BCUT2D eigenvalue weighted by Gasteiger charge is 2.20. The maximum Gasteiger partial charge on any atom is 0.328 e. The van der Waals surface area contributed by atoms with Gasteiger partial charge in [0.05, 0.1) is 13.2 Å². The monoisotopic (exact) mass is 291 g/mol. The number of ketones is 1. The van der Waals surface area contributed by atoms with Gasteiger partial charge in [-0.15, -0.1) is 6.58 Å². The van der Waals surface area contributed by atoms with Gasteiger partial charge in [-0.3, -0.25) is 9.59 Å². The van der Waals surface area contributed by atoms with Gasteiger partial charge in [0.1, 0.15) is 0 Å². The summed E-state index contributed by atoms with van der Waals surface area (Å²) in [5.74, 6) is -1.84. The van der Waals surface area contributed by atoms with E-state index in [0.29, 0.717) is 5.56 Å². The molecule has 1 unspecified atom stereocenters. The number of hydrogen-bond acceptors (Lipinski definition) is 4. The Morgan fingerprint density at radius 3 is 2.33 bits per heavy atom. The lowest BCUT2D eigenvalue weighted by Gasteiger charge is -2.14. The van der Waals surface area contributed by atoms with Crippen molar-refractivity contribution in [3.05, 3.63) is 48.0 Å². The first kappa shape index (κ1) is 16.6. The third kappa shape index (κ3) is 5.19. The molecule has 1 atom stereocenters. The quantitative estimate of drug-likeness (QED) is 0.427. The van der Waals surface area contributed by atoms with Gasteiger partial charge >= 0.3 is 5.97 Å². The molecule has 1 amide bonds. The van der Waals surface area contributed by atoms with Crippen LogP contribution in [0.1, 0.15) is 27.6 Å². The van der Waals surface area contributed by atoms with E-state index in [1.165, 1.54) is 37.3 Å². The number of benzene rings is 1. The van der Waals surface area contributed by atoms with Gasteiger partial charge in [-0.05, 0) is 19.1 Å². The van der Waals surface area contributed by atoms with E-state index in [1.807, 2.05) is 0 Å². The molecule has 1 aromatic rings. The average molecular weight is 291 g/mol. The van der Waals surface area contributed by atoms with E-state index in [4.69, 9.17) is 9.84 Å². The largest absolute Gasteiger partial charge is 0.480 e. The van der Waals surface area contributed by atoms with E-state index in [1.54, 1.807) is 0 Å². The molecule has 2 N–H and O–H groups in total. The zero-order chi connectivity index (χ0) is 15.8. The Morgan fingerprint density at radius 2 is 1.86 bits per heavy atom. The average Bonchev–Trinajstić information content (AvgIpc) is 2.46. The predicted molar refractivity (Wildman–Crippen MR) is 76.4 cm³/mol. The van der Waals surface area contributed by atoms with Crippen molar-refractivity contribution in [1.29, 1.82) is 0 Å². The summed E-state index contributed by atoms with van der Waals surface area (Å²) in [7, 11) is 0. The number of rotatable bonds is 8. The maximum absolute atomic E-state index is 11.9. The van der Waals surface area contributed by atoms with Crippen LogP contribution in [0.5, 0.6) is 0 Å². The number of carboxylic acids is 1. The highest BCUT2D eigenvalue weighted by molar-refractivity contribution is 5.99. The molecule has 112 valence electrons. The Morgan fingerprint density at radius 1 is 1.29 bits per heavy atom. The second-order valence-corrected chi connectivity index (χ2v) is 4.32. The fraction of sp³-hybridized carbons (Fsp3) is 0.267. The van der Waals surface area contributed by atoms with Crippen LogP contribution in [0, 0.1) is 0 Å². The molecular weight excluding hydrogens is 274 g/mol. The molecule has 0 heterocycles. The minimum absolute atomic E-state index is 0.108. The van der Waals surface area contributed by atoms with Gasteiger partial charge in [-0.1, -0.05) is 18.2 Å². The Balaban J connectivity index is 2.70. The normalized spacial score (nSPS) is 11.5. The molecule has 0 aromatic heterocycles. The molecule has 0 spiro atoms. The summed E-state index contributed by atoms with van der Waals surface area (Å²) < 4.78 is 5.04. The van der Waals surface area contributed by atoms with Crippen LogP contribution >= 0.6 is 0 Å². The van der Waals surface area contributed by atoms with Gasteiger partial charge in [-0.25, -0.2) is 4.79 Å². The summed E-state index contributed by atoms with van der Waals surface area (Å²) in [5, 5.41) is 11.4. The fourth-order valence-electron chi connectivity index (χ4n) is 1.54. The lowest BCUT2D eigenvalue weighted by Crippen LogP contribution is -2.44. The van der Waals surface area contributed by atoms with Crippen molar-refractivity contribution < 1.29 is 24.2 Å². The maximum atomic E-state index is 11.9. The number of carbonyl (C=O) groups is 3. The number of nitrogens with one attached hydrogen (secondary N) is 1. The van der Waals surface area contributed by atoms with Gasteiger partial charge in [0.25, 0.3) is 5.91 Å². The van der Waals surface area contributed by atoms with Crippen molar-refractivity contribution in [1.82, 2.24) is 5.32 Å². The van der Waals surface area contributed by atoms with Gasteiger partial charge in [-0.2, -0.15) is 0 Å². The molecule has 0 aliphatic heterocycles. The van der Waals surface area contributed by atoms with Gasteiger partial charge in [0, 0.05) is 11.1 Å². The van der Waals surface area contributed by atoms with Crippen molar-refractivity contribution in [2.24, 2.45) is 0 Å². The molecule has 0 fully saturated rings. The van der Waals surface area contributed by atoms with Crippen LogP contribution in [-0.2, 0) is 9.53 Å². The third-order valence-electron chi connectivity index (χ3n) is 2.68. The molecule has 0 aliphatic carbocycles. The second-order valence-electron chi connectivity index (χ2n) is 4.32. The molecule has 0 bridgehead atoms. The van der Waals surface area contributed by atoms with E-state index in [2.05, 4.69) is 11.9 Å². The van der Waals surface area contributed by atoms with Gasteiger partial charge in [0.2, 0.25) is 0 Å². The highest BCUT2D eigenvalue weighted by Crippen LogP contribution is 2.05. The van der Waals surface area contributed by atoms with Crippen LogP contribution in [0.3, 0.4) is 0 Å². The van der Waals surface area contributed by atoms with E-state index in [-0.39, 0.29) is 24.6 Å². The van der Waals surface area contributed by atoms with Crippen LogP contribution < -0.4 is 5.32 Å². The summed E-state index contributed by atoms with van der Waals surface area (Å²) in [6.45, 7) is 4.92. The summed E-state index contributed by atoms with van der Waals surface area (Å²) in [5.41, 5.74) is 0.755. The van der Waals surface area contributed by atoms with Gasteiger partial charge in [0.15, 0.2) is 11.8 Å². The number of carbonyl (C=O) groups excluding carboxylic acids is 2. The minimum Gasteiger partial charge on any atom is -0.480 e. The van der Waals surface area contributed by atoms with E-state index < -0.39 is 17.9 Å². The first-order chi connectivity index (χ1) is 9.95. The number of aliphatic carboxylic acids is 1. The number of hydrogen-bond donors (Lipinski definition) is 2. The van der Waals surface area contributed by atoms with E-state index in [0.717, 1.165) is 0 Å². The summed E-state index contributed by atoms with van der Waals surface area (Å²) >= 11 is 0. The smallest absolute Gasteiger partial charge is 0.328 e. The van der Waals surface area contributed by atoms with E-state index in [9.17, 15) is 14.4 Å². The first-order valence-corrected chi connectivity index (χ1v) is 6.29. The fourth-order valence-corrected chi connectivity index (χ4v) is 1.54. The van der Waals surface area contributed by atoms with Crippen molar-refractivity contribution in [3.8, 4) is 0 Å². The Kier molecular flexibility index (Phi) is 6.29. The zero-order valence-corrected chi connectivity index (χ0v) is 11.7. The SMILES string of the molecule is C=CCOCC(NC(=O)c1ccc(C(C)=O)cc1)C(=O)O.